The second kappa shape index (κ2) is 4.30. The van der Waals surface area contributed by atoms with Gasteiger partial charge in [-0.2, -0.15) is 5.26 Å². The number of phenolic OH excluding ortho intramolecular Hbond substituents is 1. The summed E-state index contributed by atoms with van der Waals surface area (Å²) in [6, 6.07) is 1.32. The molecule has 1 aromatic carbocycles. The third-order valence-electron chi connectivity index (χ3n) is 1.25. The summed E-state index contributed by atoms with van der Waals surface area (Å²) < 4.78 is 0. The minimum absolute atomic E-state index is 0.0761. The van der Waals surface area contributed by atoms with E-state index in [-0.39, 0.29) is 25.7 Å². The fraction of sp³-hybridized carbons (Fsp3) is 0. The predicted octanol–water partition coefficient (Wildman–Crippen LogP) is 3.93. The molecule has 0 spiro atoms. The molecule has 1 rings (SSSR count). The Balaban J connectivity index is 3.39. The summed E-state index contributed by atoms with van der Waals surface area (Å²) in [6.45, 7) is 0. The van der Waals surface area contributed by atoms with Gasteiger partial charge in [-0.1, -0.05) is 34.8 Å². The van der Waals surface area contributed by atoms with Crippen LogP contribution >= 0.6 is 46.6 Å². The lowest BCUT2D eigenvalue weighted by Gasteiger charge is -2.05. The monoisotopic (exact) mass is 253 g/mol. The molecule has 0 fully saturated rings. The van der Waals surface area contributed by atoms with Crippen molar-refractivity contribution in [3.05, 3.63) is 21.1 Å². The molecular formula is C7H2Cl3NOS. The zero-order valence-corrected chi connectivity index (χ0v) is 9.10. The van der Waals surface area contributed by atoms with Crippen LogP contribution in [0.2, 0.25) is 15.1 Å². The molecule has 2 nitrogen and oxygen atoms in total. The third kappa shape index (κ3) is 2.15. The van der Waals surface area contributed by atoms with Crippen LogP contribution in [-0.2, 0) is 0 Å². The molecule has 0 aliphatic heterocycles. The normalized spacial score (nSPS) is 9.69. The molecule has 0 heterocycles. The number of aromatic hydroxyl groups is 1. The van der Waals surface area contributed by atoms with Gasteiger partial charge >= 0.3 is 0 Å². The highest BCUT2D eigenvalue weighted by Crippen LogP contribution is 2.43. The maximum atomic E-state index is 9.39. The van der Waals surface area contributed by atoms with Crippen molar-refractivity contribution in [3.63, 3.8) is 0 Å². The molecule has 0 amide bonds. The van der Waals surface area contributed by atoms with E-state index in [0.717, 1.165) is 0 Å². The maximum absolute atomic E-state index is 9.39. The Hall–Kier alpha value is -0.270. The van der Waals surface area contributed by atoms with Crippen molar-refractivity contribution in [2.75, 3.05) is 0 Å². The molecule has 68 valence electrons. The van der Waals surface area contributed by atoms with E-state index in [4.69, 9.17) is 40.1 Å². The number of thiocyanates is 1. The lowest BCUT2D eigenvalue weighted by molar-refractivity contribution is 0.463. The van der Waals surface area contributed by atoms with Crippen LogP contribution in [0.5, 0.6) is 5.75 Å². The van der Waals surface area contributed by atoms with Crippen molar-refractivity contribution in [1.29, 1.82) is 5.26 Å². The number of nitriles is 1. The Morgan fingerprint density at radius 2 is 1.92 bits per heavy atom. The SMILES string of the molecule is N#CSc1c(O)c(Cl)cc(Cl)c1Cl. The summed E-state index contributed by atoms with van der Waals surface area (Å²) in [5.74, 6) is -0.220. The van der Waals surface area contributed by atoms with Crippen molar-refractivity contribution < 1.29 is 5.11 Å². The van der Waals surface area contributed by atoms with Gasteiger partial charge in [0.2, 0.25) is 0 Å². The average molecular weight is 255 g/mol. The molecule has 0 aliphatic carbocycles. The van der Waals surface area contributed by atoms with Gasteiger partial charge < -0.3 is 5.11 Å². The summed E-state index contributed by atoms with van der Waals surface area (Å²) in [4.78, 5) is 0.182. The first-order valence-electron chi connectivity index (χ1n) is 3.00. The maximum Gasteiger partial charge on any atom is 0.150 e. The Bertz CT molecular complexity index is 362. The lowest BCUT2D eigenvalue weighted by Crippen LogP contribution is -1.79. The zero-order valence-electron chi connectivity index (χ0n) is 6.01. The molecule has 0 atom stereocenters. The average Bonchev–Trinajstić information content (AvgIpc) is 2.09. The minimum atomic E-state index is -0.220. The third-order valence-corrected chi connectivity index (χ3v) is 3.13. The van der Waals surface area contributed by atoms with Crippen LogP contribution in [0.25, 0.3) is 0 Å². The van der Waals surface area contributed by atoms with Crippen LogP contribution in [0.15, 0.2) is 11.0 Å². The molecule has 0 aliphatic rings. The summed E-state index contributed by atoms with van der Waals surface area (Å²) in [5, 5.41) is 20.0. The largest absolute Gasteiger partial charge is 0.505 e. The molecule has 1 aromatic rings. The molecule has 0 saturated carbocycles. The fourth-order valence-electron chi connectivity index (χ4n) is 0.703. The van der Waals surface area contributed by atoms with Crippen molar-refractivity contribution >= 4 is 46.6 Å². The van der Waals surface area contributed by atoms with Crippen LogP contribution in [0, 0.1) is 10.7 Å². The second-order valence-electron chi connectivity index (χ2n) is 2.03. The van der Waals surface area contributed by atoms with Crippen LogP contribution in [0.3, 0.4) is 0 Å². The van der Waals surface area contributed by atoms with Gasteiger partial charge in [-0.05, 0) is 17.8 Å². The molecule has 0 radical (unpaired) electrons. The summed E-state index contributed by atoms with van der Waals surface area (Å²) >= 11 is 17.7. The zero-order chi connectivity index (χ0) is 10.0. The molecule has 6 heteroatoms. The van der Waals surface area contributed by atoms with E-state index in [9.17, 15) is 5.11 Å². The first-order valence-corrected chi connectivity index (χ1v) is 4.95. The summed E-state index contributed by atoms with van der Waals surface area (Å²) in [7, 11) is 0. The van der Waals surface area contributed by atoms with Gasteiger partial charge in [0.25, 0.3) is 0 Å². The van der Waals surface area contributed by atoms with E-state index in [2.05, 4.69) is 0 Å². The number of phenols is 1. The lowest BCUT2D eigenvalue weighted by atomic mass is 10.3. The first-order chi connectivity index (χ1) is 6.07. The standard InChI is InChI=1S/C7H2Cl3NOS/c8-3-1-4(9)6(12)7(5(3)10)13-2-11/h1,12H. The van der Waals surface area contributed by atoms with Crippen molar-refractivity contribution in [2.24, 2.45) is 0 Å². The number of benzene rings is 1. The summed E-state index contributed by atoms with van der Waals surface area (Å²) in [6.07, 6.45) is 0. The Morgan fingerprint density at radius 1 is 1.31 bits per heavy atom. The quantitative estimate of drug-likeness (QED) is 0.469. The number of hydrogen-bond donors (Lipinski definition) is 1. The Morgan fingerprint density at radius 3 is 2.46 bits per heavy atom. The highest BCUT2D eigenvalue weighted by Gasteiger charge is 2.14. The minimum Gasteiger partial charge on any atom is -0.505 e. The van der Waals surface area contributed by atoms with Crippen molar-refractivity contribution in [2.45, 2.75) is 4.90 Å². The van der Waals surface area contributed by atoms with E-state index in [1.54, 1.807) is 5.40 Å². The van der Waals surface area contributed by atoms with Crippen LogP contribution in [0.1, 0.15) is 0 Å². The molecule has 0 unspecified atom stereocenters. The molecule has 0 bridgehead atoms. The summed E-state index contributed by atoms with van der Waals surface area (Å²) in [5.41, 5.74) is 0. The topological polar surface area (TPSA) is 44.0 Å². The van der Waals surface area contributed by atoms with Gasteiger partial charge in [-0.15, -0.1) is 0 Å². The van der Waals surface area contributed by atoms with Gasteiger partial charge in [-0.3, -0.25) is 0 Å². The van der Waals surface area contributed by atoms with Crippen molar-refractivity contribution in [3.8, 4) is 11.2 Å². The smallest absolute Gasteiger partial charge is 0.150 e. The van der Waals surface area contributed by atoms with Gasteiger partial charge in [0, 0.05) is 0 Å². The van der Waals surface area contributed by atoms with E-state index < -0.39 is 0 Å². The molecule has 0 saturated heterocycles. The molecule has 1 N–H and O–H groups in total. The van der Waals surface area contributed by atoms with E-state index in [0.29, 0.717) is 11.8 Å². The highest BCUT2D eigenvalue weighted by molar-refractivity contribution is 8.04. The van der Waals surface area contributed by atoms with Crippen LogP contribution < -0.4 is 0 Å². The van der Waals surface area contributed by atoms with E-state index in [1.807, 2.05) is 0 Å². The number of hydrogen-bond acceptors (Lipinski definition) is 3. The molecular weight excluding hydrogens is 253 g/mol. The number of thioether (sulfide) groups is 1. The molecule has 13 heavy (non-hydrogen) atoms. The predicted molar refractivity (Wildman–Crippen MR) is 54.6 cm³/mol. The second-order valence-corrected chi connectivity index (χ2v) is 4.01. The molecule has 0 aromatic heterocycles. The Labute approximate surface area is 94.0 Å². The van der Waals surface area contributed by atoms with Crippen LogP contribution in [-0.4, -0.2) is 5.11 Å². The van der Waals surface area contributed by atoms with E-state index in [1.165, 1.54) is 6.07 Å². The van der Waals surface area contributed by atoms with Gasteiger partial charge in [0.1, 0.15) is 11.2 Å². The first kappa shape index (κ1) is 10.8. The highest BCUT2D eigenvalue weighted by atomic mass is 35.5. The Kier molecular flexibility index (Phi) is 3.57. The van der Waals surface area contributed by atoms with Crippen LogP contribution in [0.4, 0.5) is 0 Å². The number of nitrogens with zero attached hydrogens (tertiary/aromatic N) is 1. The van der Waals surface area contributed by atoms with Gasteiger partial charge in [0.15, 0.2) is 0 Å². The van der Waals surface area contributed by atoms with Gasteiger partial charge in [0.05, 0.1) is 20.0 Å². The fourth-order valence-corrected chi connectivity index (χ4v) is 2.04. The van der Waals surface area contributed by atoms with Crippen molar-refractivity contribution in [1.82, 2.24) is 0 Å². The number of halogens is 3. The number of rotatable bonds is 1. The van der Waals surface area contributed by atoms with Gasteiger partial charge in [-0.25, -0.2) is 0 Å². The van der Waals surface area contributed by atoms with E-state index >= 15 is 0 Å².